The van der Waals surface area contributed by atoms with Gasteiger partial charge >= 0.3 is 0 Å². The Morgan fingerprint density at radius 2 is 1.80 bits per heavy atom. The molecule has 2 amide bonds. The third kappa shape index (κ3) is 6.67. The van der Waals surface area contributed by atoms with Crippen molar-refractivity contribution in [1.29, 1.82) is 0 Å². The highest BCUT2D eigenvalue weighted by molar-refractivity contribution is 7.80. The summed E-state index contributed by atoms with van der Waals surface area (Å²) in [4.78, 5) is 38.4. The molecule has 1 saturated heterocycles. The van der Waals surface area contributed by atoms with Gasteiger partial charge in [0.1, 0.15) is 12.2 Å². The number of carbonyl (C=O) groups excluding carboxylic acids is 2. The Bertz CT molecular complexity index is 1550. The lowest BCUT2D eigenvalue weighted by molar-refractivity contribution is -0.384. The van der Waals surface area contributed by atoms with Crippen molar-refractivity contribution in [2.45, 2.75) is 33.3 Å². The average molecular weight is 572 g/mol. The monoisotopic (exact) mass is 571 g/mol. The van der Waals surface area contributed by atoms with Gasteiger partial charge in [-0.25, -0.2) is 0 Å². The molecule has 4 rings (SSSR count). The SMILES string of the molecule is C=CCc1cc(/C=C2\C(=O)NC(=S)N(c3ccc(CC)cc3)C2=O)cc(OCC)c1OCc1cccc([N+](=O)[O-])c1. The lowest BCUT2D eigenvalue weighted by atomic mass is 10.0. The number of amides is 2. The van der Waals surface area contributed by atoms with Gasteiger partial charge in [0.2, 0.25) is 0 Å². The van der Waals surface area contributed by atoms with E-state index in [-0.39, 0.29) is 23.0 Å². The summed E-state index contributed by atoms with van der Waals surface area (Å²) < 4.78 is 12.0. The Hall–Kier alpha value is -4.83. The van der Waals surface area contributed by atoms with E-state index < -0.39 is 16.7 Å². The minimum atomic E-state index is -0.601. The first-order valence-electron chi connectivity index (χ1n) is 13.0. The van der Waals surface area contributed by atoms with Crippen LogP contribution in [-0.2, 0) is 29.0 Å². The third-order valence-corrected chi connectivity index (χ3v) is 6.62. The molecule has 3 aromatic carbocycles. The number of thiocarbonyl (C=S) groups is 1. The number of hydrogen-bond acceptors (Lipinski definition) is 7. The van der Waals surface area contributed by atoms with E-state index in [1.54, 1.807) is 42.5 Å². The molecule has 41 heavy (non-hydrogen) atoms. The second-order valence-corrected chi connectivity index (χ2v) is 9.51. The Labute approximate surface area is 243 Å². The number of rotatable bonds is 11. The molecule has 0 aromatic heterocycles. The third-order valence-electron chi connectivity index (χ3n) is 6.34. The number of nitro benzene ring substituents is 1. The van der Waals surface area contributed by atoms with Crippen molar-refractivity contribution in [1.82, 2.24) is 5.32 Å². The fourth-order valence-electron chi connectivity index (χ4n) is 4.36. The highest BCUT2D eigenvalue weighted by Gasteiger charge is 2.34. The second-order valence-electron chi connectivity index (χ2n) is 9.13. The van der Waals surface area contributed by atoms with E-state index in [2.05, 4.69) is 11.9 Å². The average Bonchev–Trinajstić information content (AvgIpc) is 2.95. The van der Waals surface area contributed by atoms with Gasteiger partial charge in [0, 0.05) is 17.7 Å². The highest BCUT2D eigenvalue weighted by atomic mass is 32.1. The molecule has 1 N–H and O–H groups in total. The molecular weight excluding hydrogens is 542 g/mol. The van der Waals surface area contributed by atoms with Gasteiger partial charge in [-0.05, 0) is 79.0 Å². The molecule has 0 saturated carbocycles. The first-order valence-corrected chi connectivity index (χ1v) is 13.4. The van der Waals surface area contributed by atoms with E-state index in [4.69, 9.17) is 21.7 Å². The fourth-order valence-corrected chi connectivity index (χ4v) is 4.64. The maximum atomic E-state index is 13.5. The van der Waals surface area contributed by atoms with Gasteiger partial charge in [-0.2, -0.15) is 0 Å². The molecule has 10 heteroatoms. The van der Waals surface area contributed by atoms with Crippen molar-refractivity contribution >= 4 is 46.6 Å². The van der Waals surface area contributed by atoms with Crippen molar-refractivity contribution in [2.24, 2.45) is 0 Å². The summed E-state index contributed by atoms with van der Waals surface area (Å²) in [5.74, 6) is -0.304. The molecule has 1 aliphatic rings. The zero-order valence-corrected chi connectivity index (χ0v) is 23.5. The Balaban J connectivity index is 1.70. The van der Waals surface area contributed by atoms with Gasteiger partial charge in [-0.3, -0.25) is 29.9 Å². The number of aryl methyl sites for hydroxylation is 1. The zero-order valence-electron chi connectivity index (χ0n) is 22.7. The number of nitrogens with one attached hydrogen (secondary N) is 1. The summed E-state index contributed by atoms with van der Waals surface area (Å²) in [7, 11) is 0. The Kier molecular flexibility index (Phi) is 9.26. The number of hydrogen-bond donors (Lipinski definition) is 1. The molecule has 0 unspecified atom stereocenters. The van der Waals surface area contributed by atoms with Gasteiger partial charge in [0.25, 0.3) is 17.5 Å². The first-order chi connectivity index (χ1) is 19.7. The van der Waals surface area contributed by atoms with Crippen molar-refractivity contribution in [3.63, 3.8) is 0 Å². The molecule has 0 radical (unpaired) electrons. The van der Waals surface area contributed by atoms with Crippen LogP contribution in [0.25, 0.3) is 6.08 Å². The van der Waals surface area contributed by atoms with Crippen LogP contribution in [0.5, 0.6) is 11.5 Å². The minimum Gasteiger partial charge on any atom is -0.490 e. The number of benzene rings is 3. The molecule has 1 heterocycles. The van der Waals surface area contributed by atoms with E-state index in [1.807, 2.05) is 26.0 Å². The normalized spacial score (nSPS) is 14.1. The molecule has 0 atom stereocenters. The van der Waals surface area contributed by atoms with Crippen molar-refractivity contribution < 1.29 is 24.0 Å². The quantitative estimate of drug-likeness (QED) is 0.0786. The van der Waals surface area contributed by atoms with Gasteiger partial charge in [-0.1, -0.05) is 37.3 Å². The maximum absolute atomic E-state index is 13.5. The van der Waals surface area contributed by atoms with Crippen molar-refractivity contribution in [2.75, 3.05) is 11.5 Å². The number of nitrogens with zero attached hydrogens (tertiary/aromatic N) is 2. The Morgan fingerprint density at radius 3 is 2.46 bits per heavy atom. The van der Waals surface area contributed by atoms with Crippen LogP contribution < -0.4 is 19.7 Å². The van der Waals surface area contributed by atoms with Crippen LogP contribution in [0.4, 0.5) is 11.4 Å². The number of non-ortho nitro benzene ring substituents is 1. The highest BCUT2D eigenvalue weighted by Crippen LogP contribution is 2.36. The zero-order chi connectivity index (χ0) is 29.5. The van der Waals surface area contributed by atoms with Gasteiger partial charge in [-0.15, -0.1) is 6.58 Å². The summed E-state index contributed by atoms with van der Waals surface area (Å²) in [6.45, 7) is 8.08. The predicted octanol–water partition coefficient (Wildman–Crippen LogP) is 5.69. The predicted molar refractivity (Wildman–Crippen MR) is 161 cm³/mol. The minimum absolute atomic E-state index is 0.00801. The lowest BCUT2D eigenvalue weighted by Gasteiger charge is -2.29. The smallest absolute Gasteiger partial charge is 0.270 e. The van der Waals surface area contributed by atoms with Crippen molar-refractivity contribution in [3.05, 3.63) is 111 Å². The molecule has 0 bridgehead atoms. The number of carbonyl (C=O) groups is 2. The van der Waals surface area contributed by atoms with Crippen LogP contribution >= 0.6 is 12.2 Å². The van der Waals surface area contributed by atoms with E-state index in [0.29, 0.717) is 46.9 Å². The number of nitro groups is 1. The molecule has 3 aromatic rings. The van der Waals surface area contributed by atoms with Gasteiger partial charge in [0.05, 0.1) is 17.2 Å². The lowest BCUT2D eigenvalue weighted by Crippen LogP contribution is -2.54. The van der Waals surface area contributed by atoms with Gasteiger partial charge < -0.3 is 9.47 Å². The number of allylic oxidation sites excluding steroid dienone is 1. The molecule has 210 valence electrons. The number of ether oxygens (including phenoxy) is 2. The largest absolute Gasteiger partial charge is 0.490 e. The van der Waals surface area contributed by atoms with Crippen LogP contribution in [0, 0.1) is 10.1 Å². The van der Waals surface area contributed by atoms with Crippen LogP contribution in [-0.4, -0.2) is 28.5 Å². The molecule has 0 aliphatic carbocycles. The standard InChI is InChI=1S/C31H29N3O6S/c1-4-8-23-15-22(18-27(39-6-3)28(23)40-19-21-9-7-10-25(16-21)34(37)38)17-26-29(35)32-31(41)33(30(26)36)24-13-11-20(5-2)12-14-24/h4,7,9-18H,1,5-6,8,19H2,2-3H3,(H,32,35,41)/b26-17+. The summed E-state index contributed by atoms with van der Waals surface area (Å²) in [5.41, 5.74) is 3.40. The van der Waals surface area contributed by atoms with Crippen LogP contribution in [0.15, 0.2) is 78.9 Å². The molecular formula is C31H29N3O6S. The topological polar surface area (TPSA) is 111 Å². The van der Waals surface area contributed by atoms with E-state index >= 15 is 0 Å². The van der Waals surface area contributed by atoms with Gasteiger partial charge in [0.15, 0.2) is 16.6 Å². The Morgan fingerprint density at radius 1 is 1.05 bits per heavy atom. The molecule has 9 nitrogen and oxygen atoms in total. The summed E-state index contributed by atoms with van der Waals surface area (Å²) >= 11 is 5.32. The fraction of sp³-hybridized carbons (Fsp3) is 0.194. The molecule has 1 aliphatic heterocycles. The van der Waals surface area contributed by atoms with E-state index in [1.165, 1.54) is 23.1 Å². The van der Waals surface area contributed by atoms with Crippen LogP contribution in [0.1, 0.15) is 36.1 Å². The summed E-state index contributed by atoms with van der Waals surface area (Å²) in [6.07, 6.45) is 4.44. The second kappa shape index (κ2) is 13.0. The summed E-state index contributed by atoms with van der Waals surface area (Å²) in [5, 5.41) is 13.8. The van der Waals surface area contributed by atoms with Crippen molar-refractivity contribution in [3.8, 4) is 11.5 Å². The first kappa shape index (κ1) is 29.2. The maximum Gasteiger partial charge on any atom is 0.270 e. The molecule has 0 spiro atoms. The number of anilines is 1. The molecule has 1 fully saturated rings. The van der Waals surface area contributed by atoms with E-state index in [9.17, 15) is 19.7 Å². The van der Waals surface area contributed by atoms with E-state index in [0.717, 1.165) is 12.0 Å². The summed E-state index contributed by atoms with van der Waals surface area (Å²) in [6, 6.07) is 17.1. The van der Waals surface area contributed by atoms with Crippen LogP contribution in [0.3, 0.4) is 0 Å². The van der Waals surface area contributed by atoms with Crippen LogP contribution in [0.2, 0.25) is 0 Å².